The number of carbonyl (C=O) groups excluding carboxylic acids is 1. The molecule has 1 heterocycles. The molecule has 0 spiro atoms. The van der Waals surface area contributed by atoms with Crippen molar-refractivity contribution in [3.8, 4) is 5.75 Å². The van der Waals surface area contributed by atoms with Crippen molar-refractivity contribution >= 4 is 17.6 Å². The lowest BCUT2D eigenvalue weighted by atomic mass is 9.86. The first kappa shape index (κ1) is 23.7. The van der Waals surface area contributed by atoms with Crippen molar-refractivity contribution in [2.45, 2.75) is 56.5 Å². The highest BCUT2D eigenvalue weighted by Gasteiger charge is 2.57. The zero-order chi connectivity index (χ0) is 22.9. The van der Waals surface area contributed by atoms with E-state index >= 15 is 0 Å². The summed E-state index contributed by atoms with van der Waals surface area (Å²) in [6, 6.07) is 0. The molecule has 1 aliphatic heterocycles. The Morgan fingerprint density at radius 2 is 1.93 bits per heavy atom. The van der Waals surface area contributed by atoms with Crippen LogP contribution >= 0.6 is 0 Å². The first-order valence-electron chi connectivity index (χ1n) is 9.03. The maximum atomic E-state index is 12.1. The van der Waals surface area contributed by atoms with Crippen LogP contribution in [0.25, 0.3) is 0 Å². The summed E-state index contributed by atoms with van der Waals surface area (Å²) in [7, 11) is 0. The number of rotatable bonds is 9. The molecule has 0 bridgehead atoms. The summed E-state index contributed by atoms with van der Waals surface area (Å²) >= 11 is 0. The molecule has 1 fully saturated rings. The Morgan fingerprint density at radius 1 is 1.30 bits per heavy atom. The summed E-state index contributed by atoms with van der Waals surface area (Å²) in [5.41, 5.74) is -7.43. The van der Waals surface area contributed by atoms with Gasteiger partial charge < -0.3 is 45.6 Å². The number of aliphatic hydroxyl groups excluding tert-OH is 3. The Labute approximate surface area is 169 Å². The van der Waals surface area contributed by atoms with Crippen LogP contribution in [0.5, 0.6) is 5.75 Å². The molecule has 13 nitrogen and oxygen atoms in total. The molecule has 0 aromatic heterocycles. The van der Waals surface area contributed by atoms with Crippen molar-refractivity contribution < 1.29 is 44.6 Å². The van der Waals surface area contributed by atoms with Gasteiger partial charge in [-0.2, -0.15) is 0 Å². The number of nitrogens with one attached hydrogen (secondary N) is 2. The predicted octanol–water partition coefficient (Wildman–Crippen LogP) is -3.41. The molecule has 0 saturated carbocycles. The topological polar surface area (TPSA) is 212 Å². The van der Waals surface area contributed by atoms with Gasteiger partial charge in [0.2, 0.25) is 11.6 Å². The normalized spacial score (nSPS) is 28.5. The van der Waals surface area contributed by atoms with Gasteiger partial charge in [-0.3, -0.25) is 14.4 Å². The van der Waals surface area contributed by atoms with Crippen LogP contribution in [0.3, 0.4) is 0 Å². The molecule has 0 radical (unpaired) electrons. The van der Waals surface area contributed by atoms with Gasteiger partial charge in [0.15, 0.2) is 5.75 Å². The minimum absolute atomic E-state index is 0.000320. The summed E-state index contributed by atoms with van der Waals surface area (Å²) in [5.74, 6) is -2.91. The van der Waals surface area contributed by atoms with Crippen LogP contribution in [-0.2, 0) is 14.3 Å². The molecule has 2 rings (SSSR count). The Kier molecular flexibility index (Phi) is 6.83. The maximum absolute atomic E-state index is 12.1. The molecule has 1 saturated heterocycles. The number of hydrogen-bond donors (Lipinski definition) is 7. The monoisotopic (exact) mass is 432 g/mol. The number of aliphatic carboxylic acids is 1. The Morgan fingerprint density at radius 3 is 2.43 bits per heavy atom. The Hall–Kier alpha value is -2.58. The maximum Gasteiger partial charge on any atom is 0.357 e. The number of carboxylic acid groups (broad SMARTS) is 1. The average Bonchev–Trinajstić information content (AvgIpc) is 2.67. The molecule has 1 amide bonds. The summed E-state index contributed by atoms with van der Waals surface area (Å²) in [4.78, 5) is 47.3. The third kappa shape index (κ3) is 4.44. The largest absolute Gasteiger partial charge is 0.488 e. The molecule has 2 unspecified atom stereocenters. The molecule has 168 valence electrons. The van der Waals surface area contributed by atoms with E-state index in [9.17, 15) is 39.6 Å². The van der Waals surface area contributed by atoms with Gasteiger partial charge in [0, 0.05) is 13.3 Å². The van der Waals surface area contributed by atoms with Crippen molar-refractivity contribution in [3.63, 3.8) is 0 Å². The van der Waals surface area contributed by atoms with Crippen LogP contribution in [-0.4, -0.2) is 80.4 Å². The van der Waals surface area contributed by atoms with Crippen molar-refractivity contribution in [2.24, 2.45) is 0 Å². The van der Waals surface area contributed by atoms with Crippen molar-refractivity contribution in [2.75, 3.05) is 18.5 Å². The first-order valence-corrected chi connectivity index (χ1v) is 9.03. The molecule has 7 N–H and O–H groups in total. The minimum Gasteiger partial charge on any atom is -0.488 e. The second kappa shape index (κ2) is 8.65. The summed E-state index contributed by atoms with van der Waals surface area (Å²) in [6.07, 6.45) is -6.62. The fraction of sp³-hybridized carbons (Fsp3) is 0.647. The van der Waals surface area contributed by atoms with Crippen molar-refractivity contribution in [3.05, 3.63) is 20.4 Å². The first-order chi connectivity index (χ1) is 13.9. The van der Waals surface area contributed by atoms with E-state index in [0.717, 1.165) is 6.92 Å². The minimum atomic E-state index is -2.61. The van der Waals surface area contributed by atoms with E-state index in [1.807, 2.05) is 0 Å². The van der Waals surface area contributed by atoms with E-state index in [-0.39, 0.29) is 6.61 Å². The van der Waals surface area contributed by atoms with Gasteiger partial charge in [0.25, 0.3) is 10.9 Å². The highest BCUT2D eigenvalue weighted by atomic mass is 16.6. The van der Waals surface area contributed by atoms with Crippen LogP contribution in [0.2, 0.25) is 0 Å². The molecule has 5 atom stereocenters. The van der Waals surface area contributed by atoms with Gasteiger partial charge in [-0.05, 0) is 6.92 Å². The van der Waals surface area contributed by atoms with E-state index in [1.165, 1.54) is 6.92 Å². The van der Waals surface area contributed by atoms with E-state index < -0.39 is 83.4 Å². The van der Waals surface area contributed by atoms with E-state index in [0.29, 0.717) is 0 Å². The second-order valence-corrected chi connectivity index (χ2v) is 7.04. The average molecular weight is 432 g/mol. The van der Waals surface area contributed by atoms with E-state index in [1.54, 1.807) is 0 Å². The predicted molar refractivity (Wildman–Crippen MR) is 98.5 cm³/mol. The molecule has 13 heteroatoms. The SMILES string of the molecule is CCOc1c(N[C@@]2(C(=O)O)C[C@@](O)(NC(C)=O)C[C@H](C(O)C(O)CO)O2)c(=O)c1=O. The lowest BCUT2D eigenvalue weighted by Gasteiger charge is -2.48. The van der Waals surface area contributed by atoms with Crippen LogP contribution in [0, 0.1) is 0 Å². The molecule has 1 aromatic rings. The zero-order valence-electron chi connectivity index (χ0n) is 16.2. The van der Waals surface area contributed by atoms with E-state index in [4.69, 9.17) is 14.6 Å². The number of ether oxygens (including phenoxy) is 2. The van der Waals surface area contributed by atoms with Crippen LogP contribution in [0.1, 0.15) is 26.7 Å². The van der Waals surface area contributed by atoms with Gasteiger partial charge >= 0.3 is 5.97 Å². The smallest absolute Gasteiger partial charge is 0.357 e. The second-order valence-electron chi connectivity index (χ2n) is 7.04. The van der Waals surface area contributed by atoms with Crippen LogP contribution in [0.15, 0.2) is 9.59 Å². The number of carbonyl (C=O) groups is 2. The summed E-state index contributed by atoms with van der Waals surface area (Å²) in [5, 5.41) is 54.1. The number of anilines is 1. The van der Waals surface area contributed by atoms with Crippen LogP contribution < -0.4 is 26.2 Å². The molecule has 30 heavy (non-hydrogen) atoms. The molecule has 0 aliphatic carbocycles. The van der Waals surface area contributed by atoms with Gasteiger partial charge in [-0.15, -0.1) is 0 Å². The zero-order valence-corrected chi connectivity index (χ0v) is 16.2. The molecule has 1 aliphatic rings. The fourth-order valence-corrected chi connectivity index (χ4v) is 3.35. The highest BCUT2D eigenvalue weighted by molar-refractivity contribution is 5.83. The van der Waals surface area contributed by atoms with Crippen LogP contribution in [0.4, 0.5) is 5.69 Å². The lowest BCUT2D eigenvalue weighted by molar-refractivity contribution is -0.236. The molecule has 1 aromatic carbocycles. The number of hydrogen-bond acceptors (Lipinski definition) is 11. The standard InChI is InChI=1S/C17H24N2O11/c1-3-29-14-10(12(24)13(14)25)19-17(15(26)27)6-16(28,18-7(2)21)4-9(30-17)11(23)8(22)5-20/h8-9,11,19-20,22-23,28H,3-6H2,1-2H3,(H,18,21)(H,26,27)/t8?,9-,11?,16-,17+/m1/s1. The number of amides is 1. The third-order valence-corrected chi connectivity index (χ3v) is 4.63. The summed E-state index contributed by atoms with van der Waals surface area (Å²) < 4.78 is 10.4. The van der Waals surface area contributed by atoms with Gasteiger partial charge in [-0.1, -0.05) is 0 Å². The molecular weight excluding hydrogens is 408 g/mol. The fourth-order valence-electron chi connectivity index (χ4n) is 3.35. The number of aliphatic hydroxyl groups is 4. The third-order valence-electron chi connectivity index (χ3n) is 4.63. The van der Waals surface area contributed by atoms with Crippen molar-refractivity contribution in [1.29, 1.82) is 0 Å². The Bertz CT molecular complexity index is 880. The molecular formula is C17H24N2O11. The Balaban J connectivity index is 2.51. The van der Waals surface area contributed by atoms with E-state index in [2.05, 4.69) is 10.6 Å². The summed E-state index contributed by atoms with van der Waals surface area (Å²) in [6.45, 7) is 1.68. The lowest BCUT2D eigenvalue weighted by Crippen LogP contribution is -2.68. The van der Waals surface area contributed by atoms with Gasteiger partial charge in [-0.25, -0.2) is 4.79 Å². The van der Waals surface area contributed by atoms with Gasteiger partial charge in [0.1, 0.15) is 23.6 Å². The van der Waals surface area contributed by atoms with Crippen molar-refractivity contribution in [1.82, 2.24) is 5.32 Å². The number of carboxylic acids is 1. The van der Waals surface area contributed by atoms with Gasteiger partial charge in [0.05, 0.1) is 25.7 Å². The quantitative estimate of drug-likeness (QED) is 0.150. The highest BCUT2D eigenvalue weighted by Crippen LogP contribution is 2.38.